The number of thiazole rings is 1. The van der Waals surface area contributed by atoms with Crippen molar-refractivity contribution < 1.29 is 4.79 Å². The maximum atomic E-state index is 12.4. The number of nitrogens with zero attached hydrogens (tertiary/aromatic N) is 4. The summed E-state index contributed by atoms with van der Waals surface area (Å²) in [6.07, 6.45) is 7.27. The molecule has 1 amide bonds. The zero-order chi connectivity index (χ0) is 15.6. The van der Waals surface area contributed by atoms with Gasteiger partial charge in [0.2, 0.25) is 0 Å². The predicted octanol–water partition coefficient (Wildman–Crippen LogP) is 2.15. The highest BCUT2D eigenvalue weighted by Crippen LogP contribution is 2.21. The molecule has 0 fully saturated rings. The van der Waals surface area contributed by atoms with Crippen molar-refractivity contribution in [2.24, 2.45) is 0 Å². The Morgan fingerprint density at radius 1 is 1.30 bits per heavy atom. The Labute approximate surface area is 137 Å². The van der Waals surface area contributed by atoms with Crippen LogP contribution in [0.3, 0.4) is 0 Å². The fourth-order valence-electron chi connectivity index (χ4n) is 2.73. The van der Waals surface area contributed by atoms with E-state index in [-0.39, 0.29) is 11.9 Å². The maximum Gasteiger partial charge on any atom is 0.271 e. The van der Waals surface area contributed by atoms with Gasteiger partial charge in [0.25, 0.3) is 5.91 Å². The molecule has 0 bridgehead atoms. The number of rotatable bonds is 3. The number of hydrogen-bond acceptors (Lipinski definition) is 5. The molecule has 0 aliphatic carbocycles. The molecule has 1 atom stereocenters. The summed E-state index contributed by atoms with van der Waals surface area (Å²) < 4.78 is 2.09. The summed E-state index contributed by atoms with van der Waals surface area (Å²) in [5.41, 5.74) is 1.24. The molecule has 3 aromatic heterocycles. The van der Waals surface area contributed by atoms with Crippen LogP contribution in [0.1, 0.15) is 22.7 Å². The Balaban J connectivity index is 1.45. The Kier molecular flexibility index (Phi) is 3.63. The van der Waals surface area contributed by atoms with E-state index in [1.54, 1.807) is 17.8 Å². The summed E-state index contributed by atoms with van der Waals surface area (Å²) in [4.78, 5) is 25.4. The second kappa shape index (κ2) is 5.92. The Morgan fingerprint density at radius 3 is 3.13 bits per heavy atom. The summed E-state index contributed by atoms with van der Waals surface area (Å²) in [7, 11) is 0. The highest BCUT2D eigenvalue weighted by molar-refractivity contribution is 7.13. The molecular weight excluding hydrogens is 310 g/mol. The third kappa shape index (κ3) is 2.87. The molecule has 1 aliphatic heterocycles. The minimum absolute atomic E-state index is 0.115. The van der Waals surface area contributed by atoms with Gasteiger partial charge in [0, 0.05) is 43.0 Å². The van der Waals surface area contributed by atoms with Crippen LogP contribution < -0.4 is 5.32 Å². The van der Waals surface area contributed by atoms with Crippen molar-refractivity contribution >= 4 is 17.2 Å². The number of hydrogen-bond donors (Lipinski definition) is 1. The van der Waals surface area contributed by atoms with Gasteiger partial charge in [-0.25, -0.2) is 9.97 Å². The minimum atomic E-state index is -0.128. The van der Waals surface area contributed by atoms with Crippen molar-refractivity contribution in [3.05, 3.63) is 53.7 Å². The zero-order valence-electron chi connectivity index (χ0n) is 12.3. The van der Waals surface area contributed by atoms with Crippen LogP contribution in [0, 0.1) is 0 Å². The van der Waals surface area contributed by atoms with Crippen molar-refractivity contribution in [1.29, 1.82) is 0 Å². The summed E-state index contributed by atoms with van der Waals surface area (Å²) in [6.45, 7) is 0.762. The highest BCUT2D eigenvalue weighted by atomic mass is 32.1. The Bertz CT molecular complexity index is 826. The first-order valence-electron chi connectivity index (χ1n) is 7.47. The number of imidazole rings is 1. The lowest BCUT2D eigenvalue weighted by Gasteiger charge is -2.24. The summed E-state index contributed by atoms with van der Waals surface area (Å²) in [5.74, 6) is 0.957. The number of nitrogens with one attached hydrogen (secondary N) is 1. The number of pyridine rings is 1. The molecule has 0 saturated heterocycles. The average molecular weight is 325 g/mol. The van der Waals surface area contributed by atoms with Crippen molar-refractivity contribution in [3.8, 4) is 10.7 Å². The third-order valence-electron chi connectivity index (χ3n) is 3.89. The van der Waals surface area contributed by atoms with Crippen molar-refractivity contribution in [2.75, 3.05) is 0 Å². The van der Waals surface area contributed by atoms with Crippen LogP contribution in [0.4, 0.5) is 0 Å². The van der Waals surface area contributed by atoms with Gasteiger partial charge in [-0.1, -0.05) is 6.07 Å². The summed E-state index contributed by atoms with van der Waals surface area (Å²) in [6, 6.07) is 5.78. The fourth-order valence-corrected chi connectivity index (χ4v) is 3.50. The Hall–Kier alpha value is -2.54. The smallest absolute Gasteiger partial charge is 0.271 e. The van der Waals surface area contributed by atoms with Gasteiger partial charge in [-0.15, -0.1) is 11.3 Å². The van der Waals surface area contributed by atoms with E-state index in [0.29, 0.717) is 5.69 Å². The molecule has 0 spiro atoms. The van der Waals surface area contributed by atoms with Gasteiger partial charge >= 0.3 is 0 Å². The van der Waals surface area contributed by atoms with Gasteiger partial charge in [-0.05, 0) is 18.6 Å². The molecule has 4 rings (SSSR count). The normalized spacial score (nSPS) is 16.8. The predicted molar refractivity (Wildman–Crippen MR) is 87.1 cm³/mol. The van der Waals surface area contributed by atoms with Crippen molar-refractivity contribution in [1.82, 2.24) is 24.8 Å². The molecule has 1 aliphatic rings. The molecule has 0 radical (unpaired) electrons. The lowest BCUT2D eigenvalue weighted by Crippen LogP contribution is -2.41. The molecule has 1 unspecified atom stereocenters. The standard InChI is InChI=1S/C16H15N5OS/c22-15(19-11-4-5-14-18-7-8-21(14)9-11)13-10-23-16(20-13)12-3-1-2-6-17-12/h1-3,6-8,10-11H,4-5,9H2,(H,19,22). The van der Waals surface area contributed by atoms with E-state index in [1.807, 2.05) is 24.4 Å². The lowest BCUT2D eigenvalue weighted by molar-refractivity contribution is 0.0923. The number of aromatic nitrogens is 4. The second-order valence-electron chi connectivity index (χ2n) is 5.46. The monoisotopic (exact) mass is 325 g/mol. The first-order valence-corrected chi connectivity index (χ1v) is 8.35. The van der Waals surface area contributed by atoms with Crippen LogP contribution in [-0.2, 0) is 13.0 Å². The van der Waals surface area contributed by atoms with Gasteiger partial charge in [0.05, 0.1) is 5.69 Å². The highest BCUT2D eigenvalue weighted by Gasteiger charge is 2.22. The molecule has 1 N–H and O–H groups in total. The third-order valence-corrected chi connectivity index (χ3v) is 4.76. The van der Waals surface area contributed by atoms with E-state index >= 15 is 0 Å². The number of amides is 1. The molecular formula is C16H15N5OS. The summed E-state index contributed by atoms with van der Waals surface area (Å²) >= 11 is 1.43. The molecule has 6 nitrogen and oxygen atoms in total. The van der Waals surface area contributed by atoms with Crippen LogP contribution in [0.25, 0.3) is 10.7 Å². The largest absolute Gasteiger partial charge is 0.346 e. The van der Waals surface area contributed by atoms with Crippen molar-refractivity contribution in [3.63, 3.8) is 0 Å². The molecule has 3 aromatic rings. The van der Waals surface area contributed by atoms with Crippen LogP contribution in [0.5, 0.6) is 0 Å². The second-order valence-corrected chi connectivity index (χ2v) is 6.32. The van der Waals surface area contributed by atoms with Gasteiger partial charge in [-0.2, -0.15) is 0 Å². The molecule has 7 heteroatoms. The molecule has 116 valence electrons. The number of carbonyl (C=O) groups excluding carboxylic acids is 1. The van der Waals surface area contributed by atoms with Crippen LogP contribution >= 0.6 is 11.3 Å². The minimum Gasteiger partial charge on any atom is -0.346 e. The first kappa shape index (κ1) is 14.1. The zero-order valence-corrected chi connectivity index (χ0v) is 13.2. The molecule has 4 heterocycles. The topological polar surface area (TPSA) is 72.7 Å². The van der Waals surface area contributed by atoms with E-state index < -0.39 is 0 Å². The van der Waals surface area contributed by atoms with Gasteiger partial charge in [0.15, 0.2) is 0 Å². The van der Waals surface area contributed by atoms with Gasteiger partial charge in [0.1, 0.15) is 16.5 Å². The van der Waals surface area contributed by atoms with Crippen molar-refractivity contribution in [2.45, 2.75) is 25.4 Å². The summed E-state index contributed by atoms with van der Waals surface area (Å²) in [5, 5.41) is 5.61. The average Bonchev–Trinajstić information content (AvgIpc) is 3.24. The van der Waals surface area contributed by atoms with E-state index in [9.17, 15) is 4.79 Å². The fraction of sp³-hybridized carbons (Fsp3) is 0.250. The number of aryl methyl sites for hydroxylation is 1. The maximum absolute atomic E-state index is 12.4. The molecule has 0 aromatic carbocycles. The quantitative estimate of drug-likeness (QED) is 0.801. The van der Waals surface area contributed by atoms with Gasteiger partial charge < -0.3 is 9.88 Å². The van der Waals surface area contributed by atoms with E-state index in [4.69, 9.17) is 0 Å². The van der Waals surface area contributed by atoms with Crippen LogP contribution in [0.2, 0.25) is 0 Å². The number of fused-ring (bicyclic) bond motifs is 1. The Morgan fingerprint density at radius 2 is 2.26 bits per heavy atom. The van der Waals surface area contributed by atoms with E-state index in [2.05, 4.69) is 24.8 Å². The lowest BCUT2D eigenvalue weighted by atomic mass is 10.1. The molecule has 23 heavy (non-hydrogen) atoms. The first-order chi connectivity index (χ1) is 11.3. The van der Waals surface area contributed by atoms with Crippen LogP contribution in [-0.4, -0.2) is 31.5 Å². The van der Waals surface area contributed by atoms with Crippen LogP contribution in [0.15, 0.2) is 42.2 Å². The van der Waals surface area contributed by atoms with Gasteiger partial charge in [-0.3, -0.25) is 9.78 Å². The van der Waals surface area contributed by atoms with E-state index in [1.165, 1.54) is 11.3 Å². The SMILES string of the molecule is O=C(NC1CCc2nccn2C1)c1csc(-c2ccccn2)n1. The number of carbonyl (C=O) groups is 1. The molecule has 0 saturated carbocycles. The van der Waals surface area contributed by atoms with E-state index in [0.717, 1.165) is 35.9 Å².